The number of benzene rings is 1. The van der Waals surface area contributed by atoms with Gasteiger partial charge in [0.05, 0.1) is 18.3 Å². The fourth-order valence-electron chi connectivity index (χ4n) is 3.99. The Hall–Kier alpha value is -2.30. The van der Waals surface area contributed by atoms with Crippen molar-refractivity contribution in [2.45, 2.75) is 37.8 Å². The molecule has 1 aliphatic heterocycles. The van der Waals surface area contributed by atoms with Crippen LogP contribution in [0, 0.1) is 5.92 Å². The van der Waals surface area contributed by atoms with Gasteiger partial charge in [-0.3, -0.25) is 0 Å². The number of aromatic nitrogens is 2. The molecule has 2 N–H and O–H groups in total. The van der Waals surface area contributed by atoms with Gasteiger partial charge in [0.1, 0.15) is 11.4 Å². The van der Waals surface area contributed by atoms with Crippen molar-refractivity contribution in [3.05, 3.63) is 47.7 Å². The number of hydrogen-bond acceptors (Lipinski definition) is 3. The van der Waals surface area contributed by atoms with Crippen LogP contribution < -0.4 is 5.32 Å². The predicted octanol–water partition coefficient (Wildman–Crippen LogP) is 3.48. The lowest BCUT2D eigenvalue weighted by atomic mass is 9.76. The van der Waals surface area contributed by atoms with Gasteiger partial charge >= 0.3 is 5.97 Å². The molecule has 0 radical (unpaired) electrons. The number of carboxylic acids is 1. The Labute approximate surface area is 129 Å². The van der Waals surface area contributed by atoms with Crippen molar-refractivity contribution in [3.8, 4) is 0 Å². The maximum Gasteiger partial charge on any atom is 0.341 e. The van der Waals surface area contributed by atoms with E-state index < -0.39 is 5.97 Å². The Balaban J connectivity index is 1.81. The van der Waals surface area contributed by atoms with Gasteiger partial charge in [0.25, 0.3) is 0 Å². The molecule has 3 unspecified atom stereocenters. The van der Waals surface area contributed by atoms with E-state index in [4.69, 9.17) is 0 Å². The third kappa shape index (κ3) is 2.00. The Morgan fingerprint density at radius 1 is 1.23 bits per heavy atom. The summed E-state index contributed by atoms with van der Waals surface area (Å²) in [5, 5.41) is 17.2. The molecule has 1 aliphatic carbocycles. The van der Waals surface area contributed by atoms with Crippen molar-refractivity contribution < 1.29 is 9.90 Å². The van der Waals surface area contributed by atoms with Crippen molar-refractivity contribution in [1.29, 1.82) is 0 Å². The highest BCUT2D eigenvalue weighted by molar-refractivity contribution is 5.93. The smallest absolute Gasteiger partial charge is 0.341 e. The van der Waals surface area contributed by atoms with Gasteiger partial charge in [0, 0.05) is 5.92 Å². The first kappa shape index (κ1) is 13.4. The maximum absolute atomic E-state index is 11.4. The van der Waals surface area contributed by atoms with Crippen LogP contribution in [0.5, 0.6) is 0 Å². The molecule has 2 heterocycles. The zero-order valence-electron chi connectivity index (χ0n) is 12.3. The van der Waals surface area contributed by atoms with E-state index >= 15 is 0 Å². The minimum atomic E-state index is -0.921. The van der Waals surface area contributed by atoms with E-state index in [2.05, 4.69) is 22.5 Å². The first-order valence-corrected chi connectivity index (χ1v) is 7.88. The Morgan fingerprint density at radius 3 is 2.77 bits per heavy atom. The first-order chi connectivity index (χ1) is 10.8. The average Bonchev–Trinajstić information content (AvgIpc) is 2.99. The summed E-state index contributed by atoms with van der Waals surface area (Å²) < 4.78 is 1.91. The fraction of sp³-hybridized carbons (Fsp3) is 0.412. The maximum atomic E-state index is 11.4. The summed E-state index contributed by atoms with van der Waals surface area (Å²) in [5.41, 5.74) is 1.49. The number of fused-ring (bicyclic) bond motifs is 3. The molecule has 2 aromatic rings. The van der Waals surface area contributed by atoms with E-state index in [1.807, 2.05) is 22.9 Å². The molecule has 5 nitrogen and oxygen atoms in total. The van der Waals surface area contributed by atoms with Gasteiger partial charge in [-0.2, -0.15) is 5.10 Å². The van der Waals surface area contributed by atoms with Crippen molar-refractivity contribution in [1.82, 2.24) is 9.78 Å². The van der Waals surface area contributed by atoms with Crippen LogP contribution in [0.25, 0.3) is 0 Å². The van der Waals surface area contributed by atoms with Gasteiger partial charge < -0.3 is 10.4 Å². The summed E-state index contributed by atoms with van der Waals surface area (Å²) in [4.78, 5) is 11.4. The van der Waals surface area contributed by atoms with Crippen molar-refractivity contribution in [2.75, 3.05) is 5.32 Å². The molecule has 2 aliphatic rings. The van der Waals surface area contributed by atoms with Crippen LogP contribution in [0.2, 0.25) is 0 Å². The molecular weight excluding hydrogens is 278 g/mol. The Bertz CT molecular complexity index is 695. The third-order valence-electron chi connectivity index (χ3n) is 5.00. The van der Waals surface area contributed by atoms with Crippen molar-refractivity contribution >= 4 is 11.8 Å². The number of anilines is 1. The predicted molar refractivity (Wildman–Crippen MR) is 83.0 cm³/mol. The average molecular weight is 297 g/mol. The molecule has 1 saturated carbocycles. The summed E-state index contributed by atoms with van der Waals surface area (Å²) >= 11 is 0. The van der Waals surface area contributed by atoms with Crippen molar-refractivity contribution in [3.63, 3.8) is 0 Å². The highest BCUT2D eigenvalue weighted by Crippen LogP contribution is 2.47. The zero-order chi connectivity index (χ0) is 15.1. The summed E-state index contributed by atoms with van der Waals surface area (Å²) in [7, 11) is 0. The molecule has 0 spiro atoms. The molecule has 3 atom stereocenters. The van der Waals surface area contributed by atoms with Gasteiger partial charge in [-0.05, 0) is 18.4 Å². The van der Waals surface area contributed by atoms with E-state index in [1.54, 1.807) is 0 Å². The second kappa shape index (κ2) is 5.16. The van der Waals surface area contributed by atoms with Crippen molar-refractivity contribution in [2.24, 2.45) is 5.92 Å². The number of rotatable bonds is 2. The zero-order valence-corrected chi connectivity index (χ0v) is 12.3. The van der Waals surface area contributed by atoms with Gasteiger partial charge in [-0.25, -0.2) is 9.48 Å². The molecule has 1 aromatic carbocycles. The molecule has 0 saturated heterocycles. The molecule has 5 heteroatoms. The van der Waals surface area contributed by atoms with Gasteiger partial charge in [0.15, 0.2) is 0 Å². The van der Waals surface area contributed by atoms with E-state index in [-0.39, 0.29) is 11.6 Å². The number of aromatic carboxylic acids is 1. The summed E-state index contributed by atoms with van der Waals surface area (Å²) in [6.07, 6.45) is 6.12. The molecular formula is C17H19N3O2. The lowest BCUT2D eigenvalue weighted by molar-refractivity contribution is 0.0697. The normalized spacial score (nSPS) is 26.6. The molecule has 114 valence electrons. The number of nitrogens with one attached hydrogen (secondary N) is 1. The van der Waals surface area contributed by atoms with Crippen LogP contribution >= 0.6 is 0 Å². The largest absolute Gasteiger partial charge is 0.477 e. The topological polar surface area (TPSA) is 67.1 Å². The van der Waals surface area contributed by atoms with Gasteiger partial charge in [-0.1, -0.05) is 43.2 Å². The van der Waals surface area contributed by atoms with E-state index in [1.165, 1.54) is 24.6 Å². The number of hydrogen-bond donors (Lipinski definition) is 2. The van der Waals surface area contributed by atoms with E-state index in [0.29, 0.717) is 17.8 Å². The van der Waals surface area contributed by atoms with Crippen LogP contribution in [0.15, 0.2) is 36.5 Å². The molecule has 1 aromatic heterocycles. The summed E-state index contributed by atoms with van der Waals surface area (Å²) in [6, 6.07) is 10.8. The highest BCUT2D eigenvalue weighted by atomic mass is 16.4. The monoisotopic (exact) mass is 297 g/mol. The molecule has 0 bridgehead atoms. The second-order valence-corrected chi connectivity index (χ2v) is 6.20. The van der Waals surface area contributed by atoms with Crippen LogP contribution in [0.4, 0.5) is 5.82 Å². The number of carbonyl (C=O) groups is 1. The standard InChI is InChI=1S/C17H19N3O2/c21-17(22)13-10-18-20-14-9-5-4-8-12(14)15(19-16(13)20)11-6-2-1-3-7-11/h1-3,6-7,10,12,14-15,19H,4-5,8-9H2,(H,21,22). The first-order valence-electron chi connectivity index (χ1n) is 7.88. The number of nitrogens with zero attached hydrogens (tertiary/aromatic N) is 2. The van der Waals surface area contributed by atoms with Crippen LogP contribution in [-0.2, 0) is 0 Å². The van der Waals surface area contributed by atoms with Gasteiger partial charge in [0.2, 0.25) is 0 Å². The second-order valence-electron chi connectivity index (χ2n) is 6.20. The molecule has 4 rings (SSSR count). The van der Waals surface area contributed by atoms with Crippen LogP contribution in [-0.4, -0.2) is 20.9 Å². The summed E-state index contributed by atoms with van der Waals surface area (Å²) in [6.45, 7) is 0. The quantitative estimate of drug-likeness (QED) is 0.890. The highest BCUT2D eigenvalue weighted by Gasteiger charge is 2.40. The molecule has 22 heavy (non-hydrogen) atoms. The fourth-order valence-corrected chi connectivity index (χ4v) is 3.99. The third-order valence-corrected chi connectivity index (χ3v) is 5.00. The minimum Gasteiger partial charge on any atom is -0.477 e. The lowest BCUT2D eigenvalue weighted by Gasteiger charge is -2.43. The molecule has 1 fully saturated rings. The van der Waals surface area contributed by atoms with Crippen LogP contribution in [0.1, 0.15) is 53.7 Å². The Morgan fingerprint density at radius 2 is 2.00 bits per heavy atom. The number of carboxylic acid groups (broad SMARTS) is 1. The minimum absolute atomic E-state index is 0.161. The molecule has 0 amide bonds. The van der Waals surface area contributed by atoms with Crippen LogP contribution in [0.3, 0.4) is 0 Å². The summed E-state index contributed by atoms with van der Waals surface area (Å²) in [5.74, 6) is 0.199. The Kier molecular flexibility index (Phi) is 3.13. The van der Waals surface area contributed by atoms with Gasteiger partial charge in [-0.15, -0.1) is 0 Å². The van der Waals surface area contributed by atoms with E-state index in [9.17, 15) is 9.90 Å². The van der Waals surface area contributed by atoms with E-state index in [0.717, 1.165) is 12.8 Å². The lowest BCUT2D eigenvalue weighted by Crippen LogP contribution is -2.38. The SMILES string of the molecule is O=C(O)c1cnn2c1NC(c1ccccc1)C1CCCCC12.